The Morgan fingerprint density at radius 1 is 1.29 bits per heavy atom. The fraction of sp³-hybridized carbons (Fsp3) is 0.500. The van der Waals surface area contributed by atoms with Crippen molar-refractivity contribution in [3.05, 3.63) is 29.8 Å². The van der Waals surface area contributed by atoms with Crippen LogP contribution in [0.3, 0.4) is 0 Å². The molecule has 1 heterocycles. The predicted octanol–water partition coefficient (Wildman–Crippen LogP) is 2.59. The second-order valence-electron chi connectivity index (χ2n) is 5.69. The number of urea groups is 1. The number of aliphatic carboxylic acids is 1. The minimum atomic E-state index is -0.823. The molecule has 5 heteroatoms. The highest BCUT2D eigenvalue weighted by Gasteiger charge is 2.38. The number of carboxylic acid groups (broad SMARTS) is 1. The number of carboxylic acids is 1. The summed E-state index contributed by atoms with van der Waals surface area (Å²) in [6, 6.07) is 7.67. The number of hydrogen-bond donors (Lipinski definition) is 1. The summed E-state index contributed by atoms with van der Waals surface area (Å²) in [6.07, 6.45) is 0. The average Bonchev–Trinajstić information content (AvgIpc) is 2.84. The van der Waals surface area contributed by atoms with Crippen molar-refractivity contribution >= 4 is 17.7 Å². The van der Waals surface area contributed by atoms with Crippen LogP contribution in [0.25, 0.3) is 0 Å². The minimum Gasteiger partial charge on any atom is -0.481 e. The number of benzene rings is 1. The highest BCUT2D eigenvalue weighted by Crippen LogP contribution is 2.26. The Hall–Kier alpha value is -2.04. The van der Waals surface area contributed by atoms with Gasteiger partial charge in [0.15, 0.2) is 0 Å². The highest BCUT2D eigenvalue weighted by molar-refractivity contribution is 5.92. The molecule has 0 aliphatic carbocycles. The Labute approximate surface area is 125 Å². The molecule has 0 bridgehead atoms. The van der Waals surface area contributed by atoms with Gasteiger partial charge in [0.1, 0.15) is 0 Å². The first-order valence-corrected chi connectivity index (χ1v) is 7.30. The molecule has 0 saturated carbocycles. The molecule has 1 aromatic rings. The van der Waals surface area contributed by atoms with Crippen LogP contribution in [0.15, 0.2) is 24.3 Å². The van der Waals surface area contributed by atoms with Crippen LogP contribution in [0, 0.1) is 18.8 Å². The zero-order chi connectivity index (χ0) is 15.6. The van der Waals surface area contributed by atoms with Crippen LogP contribution in [0.1, 0.15) is 19.4 Å². The van der Waals surface area contributed by atoms with E-state index in [4.69, 9.17) is 0 Å². The lowest BCUT2D eigenvalue weighted by Gasteiger charge is -2.27. The van der Waals surface area contributed by atoms with Crippen LogP contribution in [0.5, 0.6) is 0 Å². The highest BCUT2D eigenvalue weighted by atomic mass is 16.4. The summed E-state index contributed by atoms with van der Waals surface area (Å²) >= 11 is 0. The van der Waals surface area contributed by atoms with Gasteiger partial charge in [0.2, 0.25) is 0 Å². The van der Waals surface area contributed by atoms with Crippen LogP contribution < -0.4 is 4.90 Å². The molecular formula is C16H22N2O3. The number of rotatable bonds is 3. The van der Waals surface area contributed by atoms with E-state index in [1.54, 1.807) is 9.80 Å². The molecule has 0 aromatic heterocycles. The molecule has 1 fully saturated rings. The first kappa shape index (κ1) is 15.4. The van der Waals surface area contributed by atoms with Gasteiger partial charge in [-0.05, 0) is 31.9 Å². The van der Waals surface area contributed by atoms with Crippen molar-refractivity contribution in [3.63, 3.8) is 0 Å². The zero-order valence-corrected chi connectivity index (χ0v) is 12.7. The van der Waals surface area contributed by atoms with E-state index in [9.17, 15) is 14.7 Å². The quantitative estimate of drug-likeness (QED) is 0.930. The topological polar surface area (TPSA) is 60.9 Å². The second kappa shape index (κ2) is 6.16. The number of likely N-dealkylation sites (tertiary alicyclic amines) is 1. The smallest absolute Gasteiger partial charge is 0.324 e. The zero-order valence-electron chi connectivity index (χ0n) is 12.7. The minimum absolute atomic E-state index is 0.0110. The molecule has 2 atom stereocenters. The van der Waals surface area contributed by atoms with Gasteiger partial charge < -0.3 is 10.0 Å². The number of hydrogen-bond acceptors (Lipinski definition) is 2. The number of aryl methyl sites for hydroxylation is 1. The maximum Gasteiger partial charge on any atom is 0.324 e. The summed E-state index contributed by atoms with van der Waals surface area (Å²) in [5.74, 6) is -1.30. The van der Waals surface area contributed by atoms with E-state index in [1.165, 1.54) is 0 Å². The van der Waals surface area contributed by atoms with Gasteiger partial charge in [0, 0.05) is 25.3 Å². The van der Waals surface area contributed by atoms with Crippen molar-refractivity contribution in [2.45, 2.75) is 20.8 Å². The van der Waals surface area contributed by atoms with Gasteiger partial charge in [0.05, 0.1) is 5.92 Å². The van der Waals surface area contributed by atoms with Gasteiger partial charge in [-0.3, -0.25) is 9.69 Å². The fourth-order valence-electron chi connectivity index (χ4n) is 2.77. The summed E-state index contributed by atoms with van der Waals surface area (Å²) in [6.45, 7) is 7.15. The standard InChI is InChI=1S/C16H22N2O3/c1-4-18(13-7-5-11(2)6-8-13)16(21)17-9-12(3)14(10-17)15(19)20/h5-8,12,14H,4,9-10H2,1-3H3,(H,19,20). The van der Waals surface area contributed by atoms with E-state index in [1.807, 2.05) is 45.0 Å². The third-order valence-electron chi connectivity index (χ3n) is 4.09. The van der Waals surface area contributed by atoms with E-state index in [0.29, 0.717) is 13.1 Å². The molecule has 1 aliphatic rings. The van der Waals surface area contributed by atoms with E-state index in [2.05, 4.69) is 0 Å². The molecule has 5 nitrogen and oxygen atoms in total. The summed E-state index contributed by atoms with van der Waals surface area (Å²) in [7, 11) is 0. The average molecular weight is 290 g/mol. The molecule has 1 saturated heterocycles. The van der Waals surface area contributed by atoms with Gasteiger partial charge >= 0.3 is 12.0 Å². The van der Waals surface area contributed by atoms with E-state index in [0.717, 1.165) is 11.3 Å². The monoisotopic (exact) mass is 290 g/mol. The largest absolute Gasteiger partial charge is 0.481 e. The number of nitrogens with zero attached hydrogens (tertiary/aromatic N) is 2. The van der Waals surface area contributed by atoms with Gasteiger partial charge in [-0.1, -0.05) is 24.6 Å². The molecule has 0 spiro atoms. The summed E-state index contributed by atoms with van der Waals surface area (Å²) in [5, 5.41) is 9.18. The molecule has 2 rings (SSSR count). The van der Waals surface area contributed by atoms with E-state index < -0.39 is 11.9 Å². The van der Waals surface area contributed by atoms with Gasteiger partial charge in [-0.2, -0.15) is 0 Å². The lowest BCUT2D eigenvalue weighted by atomic mass is 9.99. The Morgan fingerprint density at radius 3 is 2.38 bits per heavy atom. The fourth-order valence-corrected chi connectivity index (χ4v) is 2.77. The molecule has 1 aromatic carbocycles. The number of amides is 2. The predicted molar refractivity (Wildman–Crippen MR) is 81.5 cm³/mol. The Morgan fingerprint density at radius 2 is 1.90 bits per heavy atom. The summed E-state index contributed by atoms with van der Waals surface area (Å²) in [5.41, 5.74) is 1.99. The second-order valence-corrected chi connectivity index (χ2v) is 5.69. The van der Waals surface area contributed by atoms with Gasteiger partial charge in [0.25, 0.3) is 0 Å². The van der Waals surface area contributed by atoms with E-state index in [-0.39, 0.29) is 18.5 Å². The molecule has 2 amide bonds. The first-order chi connectivity index (χ1) is 9.93. The Kier molecular flexibility index (Phi) is 4.50. The molecule has 114 valence electrons. The number of carbonyl (C=O) groups is 2. The third-order valence-corrected chi connectivity index (χ3v) is 4.09. The molecule has 21 heavy (non-hydrogen) atoms. The van der Waals surface area contributed by atoms with Gasteiger partial charge in [-0.25, -0.2) is 4.79 Å². The molecule has 0 radical (unpaired) electrons. The van der Waals surface area contributed by atoms with Crippen LogP contribution in [0.2, 0.25) is 0 Å². The SMILES string of the molecule is CCN(C(=O)N1CC(C)C(C(=O)O)C1)c1ccc(C)cc1. The van der Waals surface area contributed by atoms with Crippen molar-refractivity contribution in [3.8, 4) is 0 Å². The maximum atomic E-state index is 12.6. The molecule has 2 unspecified atom stereocenters. The van der Waals surface area contributed by atoms with Crippen molar-refractivity contribution in [1.82, 2.24) is 4.90 Å². The molecular weight excluding hydrogens is 268 g/mol. The number of carbonyl (C=O) groups excluding carboxylic acids is 1. The normalized spacial score (nSPS) is 21.4. The van der Waals surface area contributed by atoms with Crippen molar-refractivity contribution in [2.75, 3.05) is 24.5 Å². The first-order valence-electron chi connectivity index (χ1n) is 7.30. The Balaban J connectivity index is 2.14. The maximum absolute atomic E-state index is 12.6. The lowest BCUT2D eigenvalue weighted by molar-refractivity contribution is -0.142. The van der Waals surface area contributed by atoms with Crippen LogP contribution in [-0.4, -0.2) is 41.6 Å². The van der Waals surface area contributed by atoms with Crippen LogP contribution >= 0.6 is 0 Å². The van der Waals surface area contributed by atoms with Crippen LogP contribution in [-0.2, 0) is 4.79 Å². The third kappa shape index (κ3) is 3.17. The van der Waals surface area contributed by atoms with Gasteiger partial charge in [-0.15, -0.1) is 0 Å². The molecule has 1 N–H and O–H groups in total. The molecule has 1 aliphatic heterocycles. The van der Waals surface area contributed by atoms with Crippen molar-refractivity contribution < 1.29 is 14.7 Å². The van der Waals surface area contributed by atoms with E-state index >= 15 is 0 Å². The summed E-state index contributed by atoms with van der Waals surface area (Å²) < 4.78 is 0. The van der Waals surface area contributed by atoms with Crippen molar-refractivity contribution in [1.29, 1.82) is 0 Å². The van der Waals surface area contributed by atoms with Crippen LogP contribution in [0.4, 0.5) is 10.5 Å². The Bertz CT molecular complexity index is 527. The lowest BCUT2D eigenvalue weighted by Crippen LogP contribution is -2.42. The number of anilines is 1. The summed E-state index contributed by atoms with van der Waals surface area (Å²) in [4.78, 5) is 27.1. The van der Waals surface area contributed by atoms with Crippen molar-refractivity contribution in [2.24, 2.45) is 11.8 Å².